The molecule has 0 saturated carbocycles. The van der Waals surface area contributed by atoms with E-state index in [0.717, 1.165) is 19.5 Å². The summed E-state index contributed by atoms with van der Waals surface area (Å²) in [7, 11) is 0. The molecule has 1 aliphatic heterocycles. The molecule has 5 heteroatoms. The lowest BCUT2D eigenvalue weighted by Crippen LogP contribution is -2.18. The number of primary amides is 1. The first-order chi connectivity index (χ1) is 8.65. The standard InChI is InChI=1S/C13H17N3O2/c14-13(18)10-2-1-3-11(7-10)16-12(17)6-9-4-5-15-8-9/h1-3,7,9,15H,4-6,8H2,(H2,14,18)(H,16,17). The molecule has 1 fully saturated rings. The summed E-state index contributed by atoms with van der Waals surface area (Å²) in [6.07, 6.45) is 1.54. The van der Waals surface area contributed by atoms with Gasteiger partial charge < -0.3 is 16.4 Å². The van der Waals surface area contributed by atoms with Gasteiger partial charge in [-0.15, -0.1) is 0 Å². The third-order valence-electron chi connectivity index (χ3n) is 3.07. The Kier molecular flexibility index (Phi) is 3.94. The van der Waals surface area contributed by atoms with E-state index in [0.29, 0.717) is 23.6 Å². The Bertz CT molecular complexity index is 453. The molecule has 0 aromatic heterocycles. The van der Waals surface area contributed by atoms with Crippen LogP contribution in [0.5, 0.6) is 0 Å². The molecule has 2 amide bonds. The summed E-state index contributed by atoms with van der Waals surface area (Å²) in [5.41, 5.74) is 6.20. The van der Waals surface area contributed by atoms with Crippen molar-refractivity contribution < 1.29 is 9.59 Å². The predicted octanol–water partition coefficient (Wildman–Crippen LogP) is 0.724. The van der Waals surface area contributed by atoms with Crippen molar-refractivity contribution in [3.05, 3.63) is 29.8 Å². The number of benzene rings is 1. The molecule has 0 radical (unpaired) electrons. The summed E-state index contributed by atoms with van der Waals surface area (Å²) in [5, 5.41) is 6.01. The highest BCUT2D eigenvalue weighted by Gasteiger charge is 2.18. The van der Waals surface area contributed by atoms with Gasteiger partial charge in [0.1, 0.15) is 0 Å². The highest BCUT2D eigenvalue weighted by atomic mass is 16.2. The monoisotopic (exact) mass is 247 g/mol. The lowest BCUT2D eigenvalue weighted by molar-refractivity contribution is -0.116. The van der Waals surface area contributed by atoms with Crippen LogP contribution in [-0.2, 0) is 4.79 Å². The Morgan fingerprint density at radius 1 is 1.44 bits per heavy atom. The zero-order valence-corrected chi connectivity index (χ0v) is 10.1. The van der Waals surface area contributed by atoms with Crippen LogP contribution < -0.4 is 16.4 Å². The SMILES string of the molecule is NC(=O)c1cccc(NC(=O)CC2CCNC2)c1. The number of carbonyl (C=O) groups excluding carboxylic acids is 2. The largest absolute Gasteiger partial charge is 0.366 e. The average Bonchev–Trinajstić information content (AvgIpc) is 2.82. The van der Waals surface area contributed by atoms with Gasteiger partial charge in [0.05, 0.1) is 0 Å². The van der Waals surface area contributed by atoms with Gasteiger partial charge in [-0.2, -0.15) is 0 Å². The number of rotatable bonds is 4. The lowest BCUT2D eigenvalue weighted by atomic mass is 10.0. The molecule has 2 rings (SSSR count). The van der Waals surface area contributed by atoms with E-state index < -0.39 is 5.91 Å². The summed E-state index contributed by atoms with van der Waals surface area (Å²) >= 11 is 0. The van der Waals surface area contributed by atoms with Gasteiger partial charge >= 0.3 is 0 Å². The van der Waals surface area contributed by atoms with Crippen LogP contribution >= 0.6 is 0 Å². The van der Waals surface area contributed by atoms with Gasteiger partial charge in [0.2, 0.25) is 11.8 Å². The maximum atomic E-state index is 11.8. The molecule has 5 nitrogen and oxygen atoms in total. The average molecular weight is 247 g/mol. The van der Waals surface area contributed by atoms with Crippen LogP contribution in [0, 0.1) is 5.92 Å². The third-order valence-corrected chi connectivity index (χ3v) is 3.07. The fourth-order valence-corrected chi connectivity index (χ4v) is 2.11. The van der Waals surface area contributed by atoms with Crippen LogP contribution in [0.1, 0.15) is 23.2 Å². The van der Waals surface area contributed by atoms with Gasteiger partial charge in [-0.1, -0.05) is 6.07 Å². The molecule has 1 saturated heterocycles. The first-order valence-electron chi connectivity index (χ1n) is 6.05. The molecule has 0 aliphatic carbocycles. The smallest absolute Gasteiger partial charge is 0.248 e. The molecule has 4 N–H and O–H groups in total. The van der Waals surface area contributed by atoms with Crippen molar-refractivity contribution in [3.8, 4) is 0 Å². The second kappa shape index (κ2) is 5.64. The predicted molar refractivity (Wildman–Crippen MR) is 69.2 cm³/mol. The molecular formula is C13H17N3O2. The van der Waals surface area contributed by atoms with E-state index in [4.69, 9.17) is 5.73 Å². The Hall–Kier alpha value is -1.88. The molecular weight excluding hydrogens is 230 g/mol. The summed E-state index contributed by atoms with van der Waals surface area (Å²) in [6, 6.07) is 6.66. The zero-order valence-electron chi connectivity index (χ0n) is 10.1. The molecule has 1 atom stereocenters. The molecule has 1 aromatic carbocycles. The van der Waals surface area contributed by atoms with Crippen LogP contribution in [0.15, 0.2) is 24.3 Å². The zero-order chi connectivity index (χ0) is 13.0. The van der Waals surface area contributed by atoms with Gasteiger partial charge in [0, 0.05) is 17.7 Å². The maximum absolute atomic E-state index is 11.8. The highest BCUT2D eigenvalue weighted by molar-refractivity contribution is 5.96. The van der Waals surface area contributed by atoms with E-state index in [1.165, 1.54) is 0 Å². The number of anilines is 1. The summed E-state index contributed by atoms with van der Waals surface area (Å²) in [4.78, 5) is 22.8. The van der Waals surface area contributed by atoms with Gasteiger partial charge in [-0.05, 0) is 43.6 Å². The molecule has 1 heterocycles. The minimum Gasteiger partial charge on any atom is -0.366 e. The van der Waals surface area contributed by atoms with Crippen LogP contribution in [0.3, 0.4) is 0 Å². The van der Waals surface area contributed by atoms with E-state index in [1.807, 2.05) is 0 Å². The minimum atomic E-state index is -0.494. The number of nitrogens with two attached hydrogens (primary N) is 1. The highest BCUT2D eigenvalue weighted by Crippen LogP contribution is 2.15. The molecule has 18 heavy (non-hydrogen) atoms. The van der Waals surface area contributed by atoms with E-state index >= 15 is 0 Å². The fraction of sp³-hybridized carbons (Fsp3) is 0.385. The number of nitrogens with one attached hydrogen (secondary N) is 2. The van der Waals surface area contributed by atoms with Gasteiger partial charge in [-0.3, -0.25) is 9.59 Å². The Morgan fingerprint density at radius 2 is 2.28 bits per heavy atom. The van der Waals surface area contributed by atoms with Crippen LogP contribution in [0.4, 0.5) is 5.69 Å². The van der Waals surface area contributed by atoms with Gasteiger partial charge in [-0.25, -0.2) is 0 Å². The molecule has 1 unspecified atom stereocenters. The van der Waals surface area contributed by atoms with Crippen LogP contribution in [-0.4, -0.2) is 24.9 Å². The van der Waals surface area contributed by atoms with Gasteiger partial charge in [0.25, 0.3) is 0 Å². The Morgan fingerprint density at radius 3 is 2.94 bits per heavy atom. The number of hydrogen-bond donors (Lipinski definition) is 3. The Labute approximate surface area is 106 Å². The van der Waals surface area contributed by atoms with Crippen molar-refractivity contribution >= 4 is 17.5 Å². The second-order valence-corrected chi connectivity index (χ2v) is 4.56. The Balaban J connectivity index is 1.93. The minimum absolute atomic E-state index is 0.0229. The van der Waals surface area contributed by atoms with Crippen molar-refractivity contribution in [2.24, 2.45) is 11.7 Å². The van der Waals surface area contributed by atoms with Crippen LogP contribution in [0.2, 0.25) is 0 Å². The van der Waals surface area contributed by atoms with E-state index in [2.05, 4.69) is 10.6 Å². The van der Waals surface area contributed by atoms with Crippen molar-refractivity contribution in [1.29, 1.82) is 0 Å². The number of amides is 2. The van der Waals surface area contributed by atoms with E-state index in [9.17, 15) is 9.59 Å². The number of carbonyl (C=O) groups is 2. The molecule has 0 bridgehead atoms. The maximum Gasteiger partial charge on any atom is 0.248 e. The lowest BCUT2D eigenvalue weighted by Gasteiger charge is -2.09. The van der Waals surface area contributed by atoms with E-state index in [1.54, 1.807) is 24.3 Å². The first kappa shape index (κ1) is 12.6. The van der Waals surface area contributed by atoms with Crippen molar-refractivity contribution in [2.75, 3.05) is 18.4 Å². The van der Waals surface area contributed by atoms with E-state index in [-0.39, 0.29) is 5.91 Å². The van der Waals surface area contributed by atoms with Crippen molar-refractivity contribution in [1.82, 2.24) is 5.32 Å². The molecule has 96 valence electrons. The quantitative estimate of drug-likeness (QED) is 0.733. The van der Waals surface area contributed by atoms with Crippen LogP contribution in [0.25, 0.3) is 0 Å². The molecule has 0 spiro atoms. The van der Waals surface area contributed by atoms with Crippen molar-refractivity contribution in [2.45, 2.75) is 12.8 Å². The normalized spacial score (nSPS) is 18.6. The molecule has 1 aliphatic rings. The topological polar surface area (TPSA) is 84.2 Å². The summed E-state index contributed by atoms with van der Waals surface area (Å²) in [6.45, 7) is 1.88. The third kappa shape index (κ3) is 3.30. The van der Waals surface area contributed by atoms with Gasteiger partial charge in [0.15, 0.2) is 0 Å². The van der Waals surface area contributed by atoms with Crippen molar-refractivity contribution in [3.63, 3.8) is 0 Å². The first-order valence-corrected chi connectivity index (χ1v) is 6.05. The number of hydrogen-bond acceptors (Lipinski definition) is 3. The second-order valence-electron chi connectivity index (χ2n) is 4.56. The summed E-state index contributed by atoms with van der Waals surface area (Å²) < 4.78 is 0. The fourth-order valence-electron chi connectivity index (χ4n) is 2.11. The summed E-state index contributed by atoms with van der Waals surface area (Å²) in [5.74, 6) is -0.110. The molecule has 1 aromatic rings.